The van der Waals surface area contributed by atoms with Crippen LogP contribution in [0.5, 0.6) is 0 Å². The van der Waals surface area contributed by atoms with Gasteiger partial charge in [-0.2, -0.15) is 0 Å². The van der Waals surface area contributed by atoms with Crippen molar-refractivity contribution in [3.63, 3.8) is 0 Å². The number of nitrogens with zero attached hydrogens (tertiary/aromatic N) is 6. The Labute approximate surface area is 760 Å². The van der Waals surface area contributed by atoms with Gasteiger partial charge in [0.25, 0.3) is 0 Å². The molecule has 10 aromatic carbocycles. The van der Waals surface area contributed by atoms with E-state index in [9.17, 15) is 0 Å². The fraction of sp³-hybridized carbons (Fsp3) is 0.135. The van der Waals surface area contributed by atoms with Crippen molar-refractivity contribution in [2.45, 2.75) is 92.4 Å². The molecule has 118 heavy (non-hydrogen) atoms. The molecule has 0 saturated heterocycles. The Morgan fingerprint density at radius 2 is 0.619 bits per heavy atom. The van der Waals surface area contributed by atoms with E-state index in [4.69, 9.17) is 0 Å². The van der Waals surface area contributed by atoms with Gasteiger partial charge in [0.15, 0.2) is 0 Å². The first-order valence-electron chi connectivity index (χ1n) is 38.8. The van der Waals surface area contributed by atoms with E-state index in [0.29, 0.717) is 0 Å². The molecule has 0 unspecified atom stereocenters. The van der Waals surface area contributed by atoms with Gasteiger partial charge in [-0.05, 0) is 94.7 Å². The van der Waals surface area contributed by atoms with Crippen molar-refractivity contribution < 1.29 is 80.4 Å². The van der Waals surface area contributed by atoms with E-state index in [1.807, 2.05) is 158 Å². The van der Waals surface area contributed by atoms with Crippen molar-refractivity contribution in [1.29, 1.82) is 0 Å². The maximum absolute atomic E-state index is 4.62. The van der Waals surface area contributed by atoms with E-state index < -0.39 is 32.3 Å². The predicted octanol–water partition coefficient (Wildman–Crippen LogP) is 24.7. The standard InChI is InChI=1S/2C21H22NSi.2C20H20NSi.2C11H8N.4Ir/c1-16-11-12-22-21(13-16)19-9-5-7-17(14-19)18-8-6-10-20(15-18)23(2,3)4;1-16-12-13-22-20(14-16)18-9-7-8-17(15-18)19-10-5-6-11-21(19)23(2,3)4;1-22(2,3)19-13-14-21-20(15-19)18-11-9-17(10-12-18)16-7-5-4-6-8-16;1-22(2,3)19-13-14-20(21-15-19)18-11-9-17(10-12-18)16-7-5-4-6-8-16;2*1-2-6-10(7-3-1)11-8-4-5-9-12-11;;;;/h2*5-8,10-15H,1-4H3;2*4-11,13-15H,1-3H3;2*1-6,8-9H;;;;/q6*-1;;;;. The summed E-state index contributed by atoms with van der Waals surface area (Å²) >= 11 is 0. The molecular formula is C104H100Ir4N6Si4-6. The average molecular weight is 2320 g/mol. The van der Waals surface area contributed by atoms with Gasteiger partial charge in [-0.25, -0.2) is 0 Å². The molecule has 604 valence electrons. The number of benzene rings is 10. The van der Waals surface area contributed by atoms with Crippen LogP contribution >= 0.6 is 0 Å². The molecule has 16 rings (SSSR count). The van der Waals surface area contributed by atoms with Crippen LogP contribution in [0.4, 0.5) is 0 Å². The molecule has 0 N–H and O–H groups in total. The summed E-state index contributed by atoms with van der Waals surface area (Å²) in [5, 5.41) is 5.79. The van der Waals surface area contributed by atoms with Crippen molar-refractivity contribution >= 4 is 53.0 Å². The molecule has 0 aliphatic rings. The second-order valence-electron chi connectivity index (χ2n) is 32.1. The van der Waals surface area contributed by atoms with Crippen LogP contribution in [0.3, 0.4) is 0 Å². The zero-order valence-electron chi connectivity index (χ0n) is 69.5. The Kier molecular flexibility index (Phi) is 37.5. The van der Waals surface area contributed by atoms with Gasteiger partial charge in [0.2, 0.25) is 0 Å². The minimum atomic E-state index is -1.39. The number of aromatic nitrogens is 6. The summed E-state index contributed by atoms with van der Waals surface area (Å²) in [4.78, 5) is 26.5. The number of hydrogen-bond acceptors (Lipinski definition) is 6. The van der Waals surface area contributed by atoms with E-state index in [0.717, 1.165) is 67.5 Å². The zero-order valence-corrected chi connectivity index (χ0v) is 83.1. The summed E-state index contributed by atoms with van der Waals surface area (Å²) in [5.74, 6) is 0. The first-order valence-corrected chi connectivity index (χ1v) is 52.8. The van der Waals surface area contributed by atoms with E-state index >= 15 is 0 Å². The molecule has 6 heterocycles. The van der Waals surface area contributed by atoms with Crippen molar-refractivity contribution in [2.24, 2.45) is 0 Å². The van der Waals surface area contributed by atoms with Crippen LogP contribution in [0.15, 0.2) is 353 Å². The third kappa shape index (κ3) is 28.7. The van der Waals surface area contributed by atoms with Crippen molar-refractivity contribution in [3.8, 4) is 112 Å². The molecule has 0 saturated carbocycles. The summed E-state index contributed by atoms with van der Waals surface area (Å²) in [6.45, 7) is 32.6. The minimum Gasteiger partial charge on any atom is -0.305 e. The number of rotatable bonds is 14. The number of aryl methyl sites for hydroxylation is 2. The van der Waals surface area contributed by atoms with Crippen LogP contribution in [0.25, 0.3) is 112 Å². The smallest absolute Gasteiger partial charge is 0.0795 e. The molecule has 0 fully saturated rings. The van der Waals surface area contributed by atoms with Crippen molar-refractivity contribution in [3.05, 3.63) is 400 Å². The molecule has 0 spiro atoms. The van der Waals surface area contributed by atoms with E-state index in [1.54, 1.807) is 12.4 Å². The molecule has 0 bridgehead atoms. The van der Waals surface area contributed by atoms with Gasteiger partial charge in [0.1, 0.15) is 0 Å². The Hall–Kier alpha value is -9.44. The van der Waals surface area contributed by atoms with Gasteiger partial charge in [-0.3, -0.25) is 0 Å². The van der Waals surface area contributed by atoms with Crippen LogP contribution in [-0.2, 0) is 80.4 Å². The molecule has 4 radical (unpaired) electrons. The average Bonchev–Trinajstić information content (AvgIpc) is 0.791. The monoisotopic (exact) mass is 2320 g/mol. The van der Waals surface area contributed by atoms with E-state index in [2.05, 4.69) is 341 Å². The van der Waals surface area contributed by atoms with Crippen LogP contribution in [0, 0.1) is 50.2 Å². The molecule has 6 aromatic heterocycles. The Balaban J connectivity index is 0.000000197. The summed E-state index contributed by atoms with van der Waals surface area (Å²) in [7, 11) is -5.29. The summed E-state index contributed by atoms with van der Waals surface area (Å²) in [6.07, 6.45) is 11.2. The third-order valence-corrected chi connectivity index (χ3v) is 27.2. The minimum absolute atomic E-state index is 0. The van der Waals surface area contributed by atoms with Crippen LogP contribution in [-0.4, -0.2) is 62.2 Å². The molecular weight excluding hydrogens is 2210 g/mol. The quantitative estimate of drug-likeness (QED) is 0.0797. The normalized spacial score (nSPS) is 10.7. The second kappa shape index (κ2) is 46.2. The molecule has 0 atom stereocenters. The van der Waals surface area contributed by atoms with E-state index in [-0.39, 0.29) is 80.4 Å². The SMILES string of the molecule is C[Si](C)(C)c1ccc(-c2[c-]cc(-c3ccccc3)cc2)nc1.C[Si](C)(C)c1ccnc(-c2[c-]cc(-c3ccccc3)cc2)c1.Cc1ccnc(-c2[c-]ccc(-c3cccc([Si](C)(C)C)c3)c2)c1.Cc1ccnc(-c2[c-]ccc(-c3ccccc3[Si](C)(C)C)c2)c1.[Ir].[Ir].[Ir].[Ir].[c-]1ccccc1-c1ccccn1.[c-]1ccccc1-c1ccccn1. The third-order valence-electron chi connectivity index (χ3n) is 19.0. The molecule has 14 heteroatoms. The van der Waals surface area contributed by atoms with Crippen LogP contribution in [0.2, 0.25) is 78.6 Å². The maximum Gasteiger partial charge on any atom is 0.0795 e. The summed E-state index contributed by atoms with van der Waals surface area (Å²) in [5.41, 5.74) is 24.5. The zero-order chi connectivity index (χ0) is 80.5. The first-order chi connectivity index (χ1) is 54.9. The summed E-state index contributed by atoms with van der Waals surface area (Å²) in [6, 6.07) is 128. The maximum atomic E-state index is 4.62. The largest absolute Gasteiger partial charge is 0.305 e. The Morgan fingerprint density at radius 1 is 0.220 bits per heavy atom. The van der Waals surface area contributed by atoms with Gasteiger partial charge < -0.3 is 29.9 Å². The summed E-state index contributed by atoms with van der Waals surface area (Å²) < 4.78 is 0. The predicted molar refractivity (Wildman–Crippen MR) is 494 cm³/mol. The second-order valence-corrected chi connectivity index (χ2v) is 52.4. The fourth-order valence-corrected chi connectivity index (χ4v) is 17.5. The van der Waals surface area contributed by atoms with Gasteiger partial charge in [-0.1, -0.05) is 291 Å². The van der Waals surface area contributed by atoms with E-state index in [1.165, 1.54) is 76.4 Å². The van der Waals surface area contributed by atoms with Crippen LogP contribution < -0.4 is 20.7 Å². The molecule has 16 aromatic rings. The topological polar surface area (TPSA) is 77.3 Å². The van der Waals surface area contributed by atoms with Crippen molar-refractivity contribution in [1.82, 2.24) is 29.9 Å². The van der Waals surface area contributed by atoms with Gasteiger partial charge in [0.05, 0.1) is 32.3 Å². The molecule has 0 aliphatic carbocycles. The fourth-order valence-electron chi connectivity index (χ4n) is 12.5. The first kappa shape index (κ1) is 95.7. The Morgan fingerprint density at radius 3 is 1.06 bits per heavy atom. The molecule has 0 amide bonds. The van der Waals surface area contributed by atoms with Gasteiger partial charge >= 0.3 is 0 Å². The number of hydrogen-bond donors (Lipinski definition) is 0. The Bertz CT molecular complexity index is 5510. The van der Waals surface area contributed by atoms with Crippen LogP contribution in [0.1, 0.15) is 11.1 Å². The van der Waals surface area contributed by atoms with Crippen molar-refractivity contribution in [2.75, 3.05) is 0 Å². The molecule has 6 nitrogen and oxygen atoms in total. The molecule has 0 aliphatic heterocycles. The number of pyridine rings is 6. The van der Waals surface area contributed by atoms with Gasteiger partial charge in [0, 0.05) is 118 Å². The van der Waals surface area contributed by atoms with Gasteiger partial charge in [-0.15, -0.1) is 202 Å².